The molecule has 0 aromatic heterocycles. The molecule has 29 heavy (non-hydrogen) atoms. The minimum absolute atomic E-state index is 0.255. The van der Waals surface area contributed by atoms with Gasteiger partial charge in [0.15, 0.2) is 0 Å². The number of nitrogens with one attached hydrogen (secondary N) is 1. The predicted molar refractivity (Wildman–Crippen MR) is 120 cm³/mol. The average molecular weight is 477 g/mol. The lowest BCUT2D eigenvalue weighted by molar-refractivity contribution is -0.121. The summed E-state index contributed by atoms with van der Waals surface area (Å²) >= 11 is 13.5. The van der Waals surface area contributed by atoms with Crippen LogP contribution in [0.2, 0.25) is 10.0 Å². The molecule has 1 N–H and O–H groups in total. The quantitative estimate of drug-likeness (QED) is 0.436. The zero-order chi connectivity index (χ0) is 21.6. The molecule has 0 aliphatic heterocycles. The van der Waals surface area contributed by atoms with E-state index in [2.05, 4.69) is 5.32 Å². The Labute approximate surface area is 185 Å². The molecule has 0 aliphatic carbocycles. The van der Waals surface area contributed by atoms with Gasteiger partial charge in [0.25, 0.3) is 0 Å². The standard InChI is InChI=1S/C19H22Cl2N2O4S2/c1-13(19(24)22-10-11-28-16-7-4-14(20)5-8-16)23(29(3,25)26)15-6-9-18(27-2)17(21)12-15/h4-9,12-13H,10-11H2,1-3H3,(H,22,24)/t13-/m1/s1. The molecule has 0 unspecified atom stereocenters. The number of carbonyl (C=O) groups excluding carboxylic acids is 1. The molecule has 0 aliphatic rings. The van der Waals surface area contributed by atoms with Gasteiger partial charge in [-0.3, -0.25) is 9.10 Å². The van der Waals surface area contributed by atoms with Crippen molar-refractivity contribution in [1.29, 1.82) is 0 Å². The highest BCUT2D eigenvalue weighted by molar-refractivity contribution is 7.99. The summed E-state index contributed by atoms with van der Waals surface area (Å²) in [6.07, 6.45) is 1.05. The fourth-order valence-electron chi connectivity index (χ4n) is 2.62. The molecule has 1 atom stereocenters. The van der Waals surface area contributed by atoms with Gasteiger partial charge in [0.05, 0.1) is 24.1 Å². The maximum Gasteiger partial charge on any atom is 0.243 e. The molecule has 0 saturated carbocycles. The summed E-state index contributed by atoms with van der Waals surface area (Å²) in [5.41, 5.74) is 0.288. The topological polar surface area (TPSA) is 75.7 Å². The van der Waals surface area contributed by atoms with E-state index in [1.165, 1.54) is 20.1 Å². The zero-order valence-electron chi connectivity index (χ0n) is 16.2. The molecule has 0 fully saturated rings. The van der Waals surface area contributed by atoms with Gasteiger partial charge < -0.3 is 10.1 Å². The third-order valence-electron chi connectivity index (χ3n) is 3.96. The number of ether oxygens (including phenoxy) is 1. The van der Waals surface area contributed by atoms with Crippen molar-refractivity contribution in [2.45, 2.75) is 17.9 Å². The van der Waals surface area contributed by atoms with Crippen molar-refractivity contribution in [3.8, 4) is 5.75 Å². The van der Waals surface area contributed by atoms with Gasteiger partial charge in [-0.2, -0.15) is 0 Å². The van der Waals surface area contributed by atoms with Crippen LogP contribution in [0.1, 0.15) is 6.92 Å². The van der Waals surface area contributed by atoms with E-state index in [0.29, 0.717) is 23.1 Å². The third kappa shape index (κ3) is 6.70. The molecule has 158 valence electrons. The van der Waals surface area contributed by atoms with Crippen LogP contribution >= 0.6 is 35.0 Å². The zero-order valence-corrected chi connectivity index (χ0v) is 19.3. The fourth-order valence-corrected chi connectivity index (χ4v) is 4.94. The number of rotatable bonds is 9. The number of methoxy groups -OCH3 is 1. The molecule has 2 aromatic rings. The molecule has 2 rings (SSSR count). The lowest BCUT2D eigenvalue weighted by atomic mass is 10.2. The molecule has 0 radical (unpaired) electrons. The highest BCUT2D eigenvalue weighted by Gasteiger charge is 2.29. The average Bonchev–Trinajstić information content (AvgIpc) is 2.65. The van der Waals surface area contributed by atoms with Crippen molar-refractivity contribution in [3.05, 3.63) is 52.5 Å². The number of carbonyl (C=O) groups is 1. The van der Waals surface area contributed by atoms with E-state index in [0.717, 1.165) is 15.5 Å². The molecule has 0 saturated heterocycles. The van der Waals surface area contributed by atoms with Gasteiger partial charge in [-0.15, -0.1) is 11.8 Å². The maximum atomic E-state index is 12.6. The SMILES string of the molecule is COc1ccc(N([C@H](C)C(=O)NCCSc2ccc(Cl)cc2)S(C)(=O)=O)cc1Cl. The minimum atomic E-state index is -3.72. The Morgan fingerprint density at radius 3 is 2.41 bits per heavy atom. The second-order valence-electron chi connectivity index (χ2n) is 6.15. The number of anilines is 1. The van der Waals surface area contributed by atoms with E-state index in [1.807, 2.05) is 12.1 Å². The number of hydrogen-bond acceptors (Lipinski definition) is 5. The summed E-state index contributed by atoms with van der Waals surface area (Å²) in [6, 6.07) is 11.0. The number of hydrogen-bond donors (Lipinski definition) is 1. The van der Waals surface area contributed by atoms with Gasteiger partial charge in [0.2, 0.25) is 15.9 Å². The molecule has 2 aromatic carbocycles. The van der Waals surface area contributed by atoms with Crippen molar-refractivity contribution < 1.29 is 17.9 Å². The predicted octanol–water partition coefficient (Wildman–Crippen LogP) is 4.07. The summed E-state index contributed by atoms with van der Waals surface area (Å²) in [5, 5.41) is 3.69. The van der Waals surface area contributed by atoms with Crippen molar-refractivity contribution in [2.24, 2.45) is 0 Å². The number of amides is 1. The van der Waals surface area contributed by atoms with E-state index >= 15 is 0 Å². The Morgan fingerprint density at radius 1 is 1.21 bits per heavy atom. The summed E-state index contributed by atoms with van der Waals surface area (Å²) < 4.78 is 30.8. The monoisotopic (exact) mass is 476 g/mol. The van der Waals surface area contributed by atoms with Gasteiger partial charge >= 0.3 is 0 Å². The highest BCUT2D eigenvalue weighted by Crippen LogP contribution is 2.31. The normalized spacial score (nSPS) is 12.3. The van der Waals surface area contributed by atoms with Crippen LogP contribution < -0.4 is 14.4 Å². The molecular formula is C19H22Cl2N2O4S2. The third-order valence-corrected chi connectivity index (χ3v) is 6.76. The Balaban J connectivity index is 2.03. The number of halogens is 2. The lowest BCUT2D eigenvalue weighted by Crippen LogP contribution is -2.48. The van der Waals surface area contributed by atoms with Crippen LogP contribution in [0.3, 0.4) is 0 Å². The van der Waals surface area contributed by atoms with Crippen LogP contribution in [-0.4, -0.2) is 46.0 Å². The van der Waals surface area contributed by atoms with E-state index in [9.17, 15) is 13.2 Å². The fraction of sp³-hybridized carbons (Fsp3) is 0.316. The summed E-state index contributed by atoms with van der Waals surface area (Å²) in [5.74, 6) is 0.645. The summed E-state index contributed by atoms with van der Waals surface area (Å²) in [4.78, 5) is 13.6. The second kappa shape index (κ2) is 10.4. The number of nitrogens with zero attached hydrogens (tertiary/aromatic N) is 1. The first-order valence-electron chi connectivity index (χ1n) is 8.62. The molecule has 1 amide bonds. The number of sulfonamides is 1. The van der Waals surface area contributed by atoms with E-state index in [1.54, 1.807) is 36.0 Å². The van der Waals surface area contributed by atoms with Crippen LogP contribution in [0, 0.1) is 0 Å². The van der Waals surface area contributed by atoms with E-state index < -0.39 is 22.0 Å². The van der Waals surface area contributed by atoms with Crippen LogP contribution in [0.4, 0.5) is 5.69 Å². The molecule has 10 heteroatoms. The first-order chi connectivity index (χ1) is 13.6. The van der Waals surface area contributed by atoms with Gasteiger partial charge in [-0.25, -0.2) is 8.42 Å². The van der Waals surface area contributed by atoms with Crippen molar-refractivity contribution in [1.82, 2.24) is 5.32 Å². The summed E-state index contributed by atoms with van der Waals surface area (Å²) in [6.45, 7) is 1.91. The number of benzene rings is 2. The van der Waals surface area contributed by atoms with Crippen LogP contribution in [0.5, 0.6) is 5.75 Å². The Bertz CT molecular complexity index is 953. The van der Waals surface area contributed by atoms with Crippen molar-refractivity contribution in [3.63, 3.8) is 0 Å². The van der Waals surface area contributed by atoms with Crippen LogP contribution in [0.25, 0.3) is 0 Å². The first-order valence-corrected chi connectivity index (χ1v) is 12.2. The van der Waals surface area contributed by atoms with E-state index in [4.69, 9.17) is 27.9 Å². The Kier molecular flexibility index (Phi) is 8.51. The maximum absolute atomic E-state index is 12.6. The molecule has 0 bridgehead atoms. The van der Waals surface area contributed by atoms with Crippen LogP contribution in [0.15, 0.2) is 47.4 Å². The molecular weight excluding hydrogens is 455 g/mol. The highest BCUT2D eigenvalue weighted by atomic mass is 35.5. The van der Waals surface area contributed by atoms with Gasteiger partial charge in [0, 0.05) is 22.2 Å². The first kappa shape index (κ1) is 23.7. The molecule has 0 heterocycles. The Hall–Kier alpha value is -1.61. The van der Waals surface area contributed by atoms with Crippen molar-refractivity contribution in [2.75, 3.05) is 30.0 Å². The Morgan fingerprint density at radius 2 is 1.86 bits per heavy atom. The smallest absolute Gasteiger partial charge is 0.243 e. The molecule has 0 spiro atoms. The van der Waals surface area contributed by atoms with Gasteiger partial charge in [-0.1, -0.05) is 23.2 Å². The summed E-state index contributed by atoms with van der Waals surface area (Å²) in [7, 11) is -2.26. The van der Waals surface area contributed by atoms with Gasteiger partial charge in [0.1, 0.15) is 11.8 Å². The van der Waals surface area contributed by atoms with Crippen LogP contribution in [-0.2, 0) is 14.8 Å². The largest absolute Gasteiger partial charge is 0.495 e. The van der Waals surface area contributed by atoms with Gasteiger partial charge in [-0.05, 0) is 49.4 Å². The van der Waals surface area contributed by atoms with E-state index in [-0.39, 0.29) is 10.7 Å². The second-order valence-corrected chi connectivity index (χ2v) is 10.0. The molecule has 6 nitrogen and oxygen atoms in total. The lowest BCUT2D eigenvalue weighted by Gasteiger charge is -2.28. The number of thioether (sulfide) groups is 1. The minimum Gasteiger partial charge on any atom is -0.495 e. The van der Waals surface area contributed by atoms with Crippen molar-refractivity contribution >= 4 is 56.6 Å².